The van der Waals surface area contributed by atoms with Gasteiger partial charge in [-0.25, -0.2) is 0 Å². The van der Waals surface area contributed by atoms with Gasteiger partial charge in [0.15, 0.2) is 0 Å². The first kappa shape index (κ1) is 12.1. The van der Waals surface area contributed by atoms with Crippen molar-refractivity contribution in [3.63, 3.8) is 0 Å². The number of hydrogen-bond acceptors (Lipinski definition) is 4. The molecule has 1 aromatic heterocycles. The van der Waals surface area contributed by atoms with Gasteiger partial charge in [0.2, 0.25) is 5.91 Å². The number of nitrogens with one attached hydrogen (secondary N) is 1. The molecule has 1 fully saturated rings. The number of nitrogens with zero attached hydrogens (tertiary/aromatic N) is 3. The first-order chi connectivity index (χ1) is 8.09. The van der Waals surface area contributed by atoms with Gasteiger partial charge in [-0.3, -0.25) is 14.4 Å². The number of hydrogen-bond donors (Lipinski definition) is 2. The molecular weight excluding hydrogens is 218 g/mol. The number of nitrogens with two attached hydrogens (primary N) is 1. The number of carbonyl (C=O) groups is 1. The number of primary amides is 1. The normalized spacial score (nSPS) is 21.6. The van der Waals surface area contributed by atoms with Crippen molar-refractivity contribution in [2.45, 2.75) is 19.5 Å². The second-order valence-corrected chi connectivity index (χ2v) is 4.47. The Hall–Kier alpha value is -1.40. The fourth-order valence-electron chi connectivity index (χ4n) is 2.13. The maximum atomic E-state index is 11.4. The monoisotopic (exact) mass is 237 g/mol. The highest BCUT2D eigenvalue weighted by Crippen LogP contribution is 2.13. The van der Waals surface area contributed by atoms with Gasteiger partial charge in [-0.2, -0.15) is 5.10 Å². The van der Waals surface area contributed by atoms with E-state index in [1.54, 1.807) is 0 Å². The zero-order valence-electron chi connectivity index (χ0n) is 10.3. The average Bonchev–Trinajstić information content (AvgIpc) is 2.61. The van der Waals surface area contributed by atoms with E-state index < -0.39 is 0 Å². The maximum absolute atomic E-state index is 11.4. The molecule has 1 aliphatic rings. The number of piperazine rings is 1. The molecule has 0 spiro atoms. The van der Waals surface area contributed by atoms with Crippen LogP contribution in [0.3, 0.4) is 0 Å². The van der Waals surface area contributed by atoms with Crippen LogP contribution in [0.5, 0.6) is 0 Å². The molecule has 0 aliphatic carbocycles. The molecule has 6 heteroatoms. The lowest BCUT2D eigenvalue weighted by atomic mass is 10.1. The number of aryl methyl sites for hydroxylation is 1. The molecule has 6 nitrogen and oxygen atoms in total. The van der Waals surface area contributed by atoms with E-state index in [0.29, 0.717) is 6.54 Å². The minimum absolute atomic E-state index is 0.219. The standard InChI is InChI=1S/C11H19N5O/c1-8-9(5-14-15(8)2)7-16-4-3-13-6-10(16)11(12)17/h5,10,13H,3-4,6-7H2,1-2H3,(H2,12,17). The summed E-state index contributed by atoms with van der Waals surface area (Å²) in [6, 6.07) is -0.219. The number of aromatic nitrogens is 2. The molecule has 2 heterocycles. The molecule has 3 N–H and O–H groups in total. The lowest BCUT2D eigenvalue weighted by molar-refractivity contribution is -0.124. The summed E-state index contributed by atoms with van der Waals surface area (Å²) >= 11 is 0. The van der Waals surface area contributed by atoms with Crippen LogP contribution in [-0.2, 0) is 18.4 Å². The minimum Gasteiger partial charge on any atom is -0.368 e. The molecule has 1 aliphatic heterocycles. The predicted molar refractivity (Wildman–Crippen MR) is 64.2 cm³/mol. The predicted octanol–water partition coefficient (Wildman–Crippen LogP) is -1.01. The summed E-state index contributed by atoms with van der Waals surface area (Å²) in [4.78, 5) is 13.5. The fourth-order valence-corrected chi connectivity index (χ4v) is 2.13. The van der Waals surface area contributed by atoms with Crippen LogP contribution in [0.4, 0.5) is 0 Å². The van der Waals surface area contributed by atoms with Gasteiger partial charge in [-0.1, -0.05) is 0 Å². The SMILES string of the molecule is Cc1c(CN2CCNCC2C(N)=O)cnn1C. The van der Waals surface area contributed by atoms with Crippen molar-refractivity contribution in [3.05, 3.63) is 17.5 Å². The molecule has 1 atom stereocenters. The van der Waals surface area contributed by atoms with Crippen LogP contribution in [0.1, 0.15) is 11.3 Å². The summed E-state index contributed by atoms with van der Waals surface area (Å²) in [5.74, 6) is -0.265. The minimum atomic E-state index is -0.265. The van der Waals surface area contributed by atoms with E-state index in [2.05, 4.69) is 15.3 Å². The summed E-state index contributed by atoms with van der Waals surface area (Å²) in [5.41, 5.74) is 7.70. The Labute approximate surface area is 101 Å². The highest BCUT2D eigenvalue weighted by atomic mass is 16.1. The Balaban J connectivity index is 2.10. The maximum Gasteiger partial charge on any atom is 0.236 e. The van der Waals surface area contributed by atoms with E-state index in [1.165, 1.54) is 0 Å². The zero-order valence-corrected chi connectivity index (χ0v) is 10.3. The van der Waals surface area contributed by atoms with Crippen molar-refractivity contribution in [2.24, 2.45) is 12.8 Å². The van der Waals surface area contributed by atoms with Gasteiger partial charge in [0.05, 0.1) is 6.20 Å². The van der Waals surface area contributed by atoms with Gasteiger partial charge >= 0.3 is 0 Å². The van der Waals surface area contributed by atoms with Crippen molar-refractivity contribution >= 4 is 5.91 Å². The molecular formula is C11H19N5O. The van der Waals surface area contributed by atoms with E-state index in [1.807, 2.05) is 24.9 Å². The quantitative estimate of drug-likeness (QED) is 0.706. The van der Waals surface area contributed by atoms with Crippen LogP contribution in [0.25, 0.3) is 0 Å². The van der Waals surface area contributed by atoms with Crippen LogP contribution in [0.15, 0.2) is 6.20 Å². The topological polar surface area (TPSA) is 76.2 Å². The fraction of sp³-hybridized carbons (Fsp3) is 0.636. The molecule has 0 saturated carbocycles. The third-order valence-corrected chi connectivity index (χ3v) is 3.39. The summed E-state index contributed by atoms with van der Waals surface area (Å²) in [7, 11) is 1.92. The molecule has 2 rings (SSSR count). The lowest BCUT2D eigenvalue weighted by Gasteiger charge is -2.33. The van der Waals surface area contributed by atoms with Crippen molar-refractivity contribution < 1.29 is 4.79 Å². The van der Waals surface area contributed by atoms with Gasteiger partial charge in [0, 0.05) is 44.5 Å². The van der Waals surface area contributed by atoms with Gasteiger partial charge in [0.25, 0.3) is 0 Å². The van der Waals surface area contributed by atoms with E-state index in [4.69, 9.17) is 5.73 Å². The summed E-state index contributed by atoms with van der Waals surface area (Å²) in [6.45, 7) is 5.12. The molecule has 1 amide bonds. The highest BCUT2D eigenvalue weighted by molar-refractivity contribution is 5.80. The molecule has 17 heavy (non-hydrogen) atoms. The van der Waals surface area contributed by atoms with Crippen molar-refractivity contribution in [1.82, 2.24) is 20.0 Å². The Bertz CT molecular complexity index is 414. The third kappa shape index (κ3) is 2.48. The largest absolute Gasteiger partial charge is 0.368 e. The highest BCUT2D eigenvalue weighted by Gasteiger charge is 2.27. The summed E-state index contributed by atoms with van der Waals surface area (Å²) in [6.07, 6.45) is 1.86. The van der Waals surface area contributed by atoms with Crippen LogP contribution >= 0.6 is 0 Å². The van der Waals surface area contributed by atoms with Crippen molar-refractivity contribution in [3.8, 4) is 0 Å². The van der Waals surface area contributed by atoms with Crippen molar-refractivity contribution in [1.29, 1.82) is 0 Å². The Kier molecular flexibility index (Phi) is 3.44. The Morgan fingerprint density at radius 2 is 2.47 bits per heavy atom. The summed E-state index contributed by atoms with van der Waals surface area (Å²) < 4.78 is 1.84. The Morgan fingerprint density at radius 1 is 1.71 bits per heavy atom. The molecule has 1 unspecified atom stereocenters. The van der Waals surface area contributed by atoms with Crippen molar-refractivity contribution in [2.75, 3.05) is 19.6 Å². The number of carbonyl (C=O) groups excluding carboxylic acids is 1. The molecule has 0 aromatic carbocycles. The van der Waals surface area contributed by atoms with Gasteiger partial charge in [0.1, 0.15) is 6.04 Å². The van der Waals surface area contributed by atoms with Gasteiger partial charge < -0.3 is 11.1 Å². The number of rotatable bonds is 3. The molecule has 1 saturated heterocycles. The van der Waals surface area contributed by atoms with Gasteiger partial charge in [-0.15, -0.1) is 0 Å². The smallest absolute Gasteiger partial charge is 0.236 e. The van der Waals surface area contributed by atoms with E-state index in [0.717, 1.165) is 30.9 Å². The number of amides is 1. The average molecular weight is 237 g/mol. The van der Waals surface area contributed by atoms with E-state index >= 15 is 0 Å². The molecule has 94 valence electrons. The molecule has 0 bridgehead atoms. The lowest BCUT2D eigenvalue weighted by Crippen LogP contribution is -2.56. The van der Waals surface area contributed by atoms with Crippen LogP contribution in [-0.4, -0.2) is 46.3 Å². The summed E-state index contributed by atoms with van der Waals surface area (Å²) in [5, 5.41) is 7.40. The second-order valence-electron chi connectivity index (χ2n) is 4.47. The van der Waals surface area contributed by atoms with Crippen LogP contribution in [0, 0.1) is 6.92 Å². The first-order valence-corrected chi connectivity index (χ1v) is 5.81. The Morgan fingerprint density at radius 3 is 3.06 bits per heavy atom. The molecule has 0 radical (unpaired) electrons. The second kappa shape index (κ2) is 4.85. The molecule has 1 aromatic rings. The van der Waals surface area contributed by atoms with E-state index in [9.17, 15) is 4.79 Å². The van der Waals surface area contributed by atoms with Gasteiger partial charge in [-0.05, 0) is 6.92 Å². The third-order valence-electron chi connectivity index (χ3n) is 3.39. The van der Waals surface area contributed by atoms with Crippen LogP contribution in [0.2, 0.25) is 0 Å². The zero-order chi connectivity index (χ0) is 12.4. The van der Waals surface area contributed by atoms with E-state index in [-0.39, 0.29) is 11.9 Å². The van der Waals surface area contributed by atoms with Crippen LogP contribution < -0.4 is 11.1 Å². The first-order valence-electron chi connectivity index (χ1n) is 5.81.